The van der Waals surface area contributed by atoms with Crippen molar-refractivity contribution in [3.63, 3.8) is 0 Å². The molecule has 4 aromatic carbocycles. The first kappa shape index (κ1) is 30.2. The van der Waals surface area contributed by atoms with Crippen LogP contribution in [0.3, 0.4) is 0 Å². The van der Waals surface area contributed by atoms with Crippen molar-refractivity contribution >= 4 is 34.9 Å². The summed E-state index contributed by atoms with van der Waals surface area (Å²) in [4.78, 5) is 45.0. The van der Waals surface area contributed by atoms with Gasteiger partial charge in [-0.25, -0.2) is 13.6 Å². The van der Waals surface area contributed by atoms with Gasteiger partial charge in [-0.15, -0.1) is 0 Å². The molecule has 0 atom stereocenters. The maximum Gasteiger partial charge on any atom is 0.321 e. The fourth-order valence-corrected chi connectivity index (χ4v) is 5.15. The largest absolute Gasteiger partial charge is 0.369 e. The predicted octanol–water partition coefficient (Wildman–Crippen LogP) is 6.23. The van der Waals surface area contributed by atoms with Crippen LogP contribution in [0.1, 0.15) is 32.7 Å². The molecule has 4 aromatic rings. The summed E-state index contributed by atoms with van der Waals surface area (Å²) in [7, 11) is 1.72. The molecule has 4 amide bonds. The molecule has 5 rings (SSSR count). The molecule has 0 spiro atoms. The van der Waals surface area contributed by atoms with Gasteiger partial charge in [-0.05, 0) is 60.5 Å². The topological polar surface area (TPSA) is 85.0 Å². The van der Waals surface area contributed by atoms with Crippen LogP contribution in [0.5, 0.6) is 0 Å². The number of amides is 4. The number of nitrogens with zero attached hydrogens (tertiary/aromatic N) is 3. The number of hydrogen-bond acceptors (Lipinski definition) is 4. The van der Waals surface area contributed by atoms with Crippen LogP contribution in [-0.2, 0) is 6.54 Å². The summed E-state index contributed by atoms with van der Waals surface area (Å²) in [6.07, 6.45) is 0.621. The second kappa shape index (κ2) is 13.8. The van der Waals surface area contributed by atoms with Gasteiger partial charge in [-0.3, -0.25) is 9.59 Å². The fourth-order valence-electron chi connectivity index (χ4n) is 5.15. The molecule has 0 aliphatic carbocycles. The first-order chi connectivity index (χ1) is 21.3. The van der Waals surface area contributed by atoms with E-state index < -0.39 is 23.6 Å². The van der Waals surface area contributed by atoms with Crippen molar-refractivity contribution in [1.82, 2.24) is 9.80 Å². The first-order valence-corrected chi connectivity index (χ1v) is 14.3. The molecule has 44 heavy (non-hydrogen) atoms. The number of nitrogens with one attached hydrogen (secondary N) is 2. The summed E-state index contributed by atoms with van der Waals surface area (Å²) in [5.74, 6) is -1.78. The minimum absolute atomic E-state index is 0.115. The fraction of sp³-hybridized carbons (Fsp3) is 0.206. The first-order valence-electron chi connectivity index (χ1n) is 14.3. The van der Waals surface area contributed by atoms with E-state index in [0.29, 0.717) is 56.1 Å². The van der Waals surface area contributed by atoms with Gasteiger partial charge >= 0.3 is 6.03 Å². The maximum atomic E-state index is 14.1. The Bertz CT molecular complexity index is 1650. The summed E-state index contributed by atoms with van der Waals surface area (Å²) in [6.45, 7) is 2.19. The Hall–Kier alpha value is -5.25. The molecule has 0 radical (unpaired) electrons. The van der Waals surface area contributed by atoms with Gasteiger partial charge in [-0.2, -0.15) is 0 Å². The monoisotopic (exact) mass is 597 g/mol. The molecular formula is C34H33F2N5O3. The van der Waals surface area contributed by atoms with E-state index in [1.54, 1.807) is 47.2 Å². The molecule has 1 fully saturated rings. The number of rotatable bonds is 7. The summed E-state index contributed by atoms with van der Waals surface area (Å²) in [6, 6.07) is 25.7. The van der Waals surface area contributed by atoms with E-state index in [1.165, 1.54) is 30.3 Å². The Morgan fingerprint density at radius 2 is 1.57 bits per heavy atom. The maximum absolute atomic E-state index is 14.1. The van der Waals surface area contributed by atoms with Gasteiger partial charge in [0.2, 0.25) is 0 Å². The quantitative estimate of drug-likeness (QED) is 0.265. The Morgan fingerprint density at radius 3 is 2.34 bits per heavy atom. The highest BCUT2D eigenvalue weighted by atomic mass is 19.1. The highest BCUT2D eigenvalue weighted by molar-refractivity contribution is 6.06. The molecule has 10 heteroatoms. The standard InChI is InChI=1S/C34H33F2N5O3/c1-39(23-24-9-3-2-4-10-24)33(43)28-22-27(37-32(42)25-11-7-12-26(35)21-25)15-16-31(28)40-17-8-18-41(20-19-40)34(44)38-30-14-6-5-13-29(30)36/h2-7,9-16,21-22H,8,17-20,23H2,1H3,(H,37,42)(H,38,44). The molecule has 0 unspecified atom stereocenters. The number of urea groups is 1. The lowest BCUT2D eigenvalue weighted by Crippen LogP contribution is -2.38. The van der Waals surface area contributed by atoms with E-state index in [4.69, 9.17) is 0 Å². The van der Waals surface area contributed by atoms with Gasteiger partial charge in [-0.1, -0.05) is 48.5 Å². The molecule has 1 saturated heterocycles. The van der Waals surface area contributed by atoms with Crippen LogP contribution in [0.2, 0.25) is 0 Å². The second-order valence-corrected chi connectivity index (χ2v) is 10.6. The van der Waals surface area contributed by atoms with E-state index in [0.717, 1.165) is 11.6 Å². The van der Waals surface area contributed by atoms with Crippen molar-refractivity contribution in [3.8, 4) is 0 Å². The van der Waals surface area contributed by atoms with E-state index in [2.05, 4.69) is 10.6 Å². The average molecular weight is 598 g/mol. The Balaban J connectivity index is 1.37. The molecule has 0 aromatic heterocycles. The summed E-state index contributed by atoms with van der Waals surface area (Å²) in [5.41, 5.74) is 2.67. The number of halogens is 2. The third kappa shape index (κ3) is 7.38. The lowest BCUT2D eigenvalue weighted by Gasteiger charge is -2.28. The molecule has 0 bridgehead atoms. The van der Waals surface area contributed by atoms with Gasteiger partial charge < -0.3 is 25.3 Å². The van der Waals surface area contributed by atoms with Crippen molar-refractivity contribution in [2.45, 2.75) is 13.0 Å². The molecule has 0 saturated carbocycles. The summed E-state index contributed by atoms with van der Waals surface area (Å²) in [5, 5.41) is 5.42. The molecule has 226 valence electrons. The number of benzene rings is 4. The number of para-hydroxylation sites is 1. The molecular weight excluding hydrogens is 564 g/mol. The highest BCUT2D eigenvalue weighted by Crippen LogP contribution is 2.28. The van der Waals surface area contributed by atoms with Crippen LogP contribution < -0.4 is 15.5 Å². The molecule has 1 heterocycles. The SMILES string of the molecule is CN(Cc1ccccc1)C(=O)c1cc(NC(=O)c2cccc(F)c2)ccc1N1CCCN(C(=O)Nc2ccccc2F)CC1. The van der Waals surface area contributed by atoms with Gasteiger partial charge in [0.15, 0.2) is 0 Å². The summed E-state index contributed by atoms with van der Waals surface area (Å²) >= 11 is 0. The normalized spacial score (nSPS) is 13.2. The average Bonchev–Trinajstić information content (AvgIpc) is 3.29. The van der Waals surface area contributed by atoms with Crippen molar-refractivity contribution in [2.75, 3.05) is 48.8 Å². The molecule has 8 nitrogen and oxygen atoms in total. The van der Waals surface area contributed by atoms with Crippen LogP contribution in [-0.4, -0.2) is 60.9 Å². The predicted molar refractivity (Wildman–Crippen MR) is 167 cm³/mol. The molecule has 1 aliphatic heterocycles. The Labute approximate surface area is 254 Å². The zero-order valence-corrected chi connectivity index (χ0v) is 24.3. The lowest BCUT2D eigenvalue weighted by molar-refractivity contribution is 0.0785. The van der Waals surface area contributed by atoms with Crippen LogP contribution in [0.25, 0.3) is 0 Å². The van der Waals surface area contributed by atoms with Crippen LogP contribution in [0, 0.1) is 11.6 Å². The Kier molecular flexibility index (Phi) is 9.49. The van der Waals surface area contributed by atoms with Crippen molar-refractivity contribution in [2.24, 2.45) is 0 Å². The van der Waals surface area contributed by atoms with E-state index in [-0.39, 0.29) is 17.2 Å². The minimum Gasteiger partial charge on any atom is -0.369 e. The number of carbonyl (C=O) groups is 3. The second-order valence-electron chi connectivity index (χ2n) is 10.6. The third-order valence-corrected chi connectivity index (χ3v) is 7.42. The van der Waals surface area contributed by atoms with Crippen LogP contribution in [0.4, 0.5) is 30.6 Å². The van der Waals surface area contributed by atoms with Gasteiger partial charge in [0.25, 0.3) is 11.8 Å². The Morgan fingerprint density at radius 1 is 0.795 bits per heavy atom. The lowest BCUT2D eigenvalue weighted by atomic mass is 10.1. The van der Waals surface area contributed by atoms with Crippen molar-refractivity contribution in [1.29, 1.82) is 0 Å². The smallest absolute Gasteiger partial charge is 0.321 e. The molecule has 2 N–H and O–H groups in total. The third-order valence-electron chi connectivity index (χ3n) is 7.42. The van der Waals surface area contributed by atoms with Gasteiger partial charge in [0, 0.05) is 56.7 Å². The van der Waals surface area contributed by atoms with Crippen molar-refractivity contribution in [3.05, 3.63) is 125 Å². The van der Waals surface area contributed by atoms with Crippen molar-refractivity contribution < 1.29 is 23.2 Å². The molecule has 1 aliphatic rings. The number of carbonyl (C=O) groups excluding carboxylic acids is 3. The van der Waals surface area contributed by atoms with E-state index in [1.807, 2.05) is 35.2 Å². The number of anilines is 3. The van der Waals surface area contributed by atoms with Gasteiger partial charge in [0.05, 0.1) is 11.3 Å². The van der Waals surface area contributed by atoms with Gasteiger partial charge in [0.1, 0.15) is 11.6 Å². The van der Waals surface area contributed by atoms with Crippen LogP contribution in [0.15, 0.2) is 97.1 Å². The van der Waals surface area contributed by atoms with E-state index >= 15 is 0 Å². The zero-order chi connectivity index (χ0) is 31.1. The minimum atomic E-state index is -0.524. The summed E-state index contributed by atoms with van der Waals surface area (Å²) < 4.78 is 27.8. The number of hydrogen-bond donors (Lipinski definition) is 2. The highest BCUT2D eigenvalue weighted by Gasteiger charge is 2.25. The zero-order valence-electron chi connectivity index (χ0n) is 24.3. The van der Waals surface area contributed by atoms with Crippen LogP contribution >= 0.6 is 0 Å². The van der Waals surface area contributed by atoms with E-state index in [9.17, 15) is 23.2 Å².